The molecular weight excluding hydrogens is 431 g/mol. The minimum atomic E-state index is -0.603. The summed E-state index contributed by atoms with van der Waals surface area (Å²) in [6, 6.07) is 11.2. The largest absolute Gasteiger partial charge is 0.493 e. The molecule has 1 N–H and O–H groups in total. The maximum atomic E-state index is 13.8. The van der Waals surface area contributed by atoms with Gasteiger partial charge in [0.1, 0.15) is 17.2 Å². The molecule has 0 saturated carbocycles. The van der Waals surface area contributed by atoms with Crippen molar-refractivity contribution < 1.29 is 23.5 Å². The monoisotopic (exact) mass is 460 g/mol. The van der Waals surface area contributed by atoms with Gasteiger partial charge in [0, 0.05) is 18.2 Å². The average molecular weight is 461 g/mol. The van der Waals surface area contributed by atoms with Crippen LogP contribution in [0.2, 0.25) is 0 Å². The molecule has 1 heterocycles. The number of halogens is 1. The first-order valence-electron chi connectivity index (χ1n) is 10.5. The minimum Gasteiger partial charge on any atom is -0.493 e. The van der Waals surface area contributed by atoms with Gasteiger partial charge < -0.3 is 19.7 Å². The van der Waals surface area contributed by atoms with Gasteiger partial charge in [-0.3, -0.25) is 9.59 Å². The van der Waals surface area contributed by atoms with Crippen LogP contribution in [-0.4, -0.2) is 49.3 Å². The molecule has 32 heavy (non-hydrogen) atoms. The summed E-state index contributed by atoms with van der Waals surface area (Å²) >= 11 is 1.48. The van der Waals surface area contributed by atoms with Gasteiger partial charge in [-0.25, -0.2) is 4.39 Å². The second-order valence-corrected chi connectivity index (χ2v) is 9.00. The fourth-order valence-electron chi connectivity index (χ4n) is 3.68. The van der Waals surface area contributed by atoms with Crippen LogP contribution in [0.1, 0.15) is 30.3 Å². The van der Waals surface area contributed by atoms with Crippen molar-refractivity contribution in [2.75, 3.05) is 26.5 Å². The van der Waals surface area contributed by atoms with Gasteiger partial charge in [0.25, 0.3) is 0 Å². The molecule has 0 aromatic heterocycles. The van der Waals surface area contributed by atoms with E-state index in [0.717, 1.165) is 5.56 Å². The van der Waals surface area contributed by atoms with Gasteiger partial charge in [-0.1, -0.05) is 32.0 Å². The lowest BCUT2D eigenvalue weighted by molar-refractivity contribution is -0.142. The van der Waals surface area contributed by atoms with Crippen molar-refractivity contribution in [3.63, 3.8) is 0 Å². The zero-order chi connectivity index (χ0) is 23.3. The lowest BCUT2D eigenvalue weighted by atomic mass is 10.1. The zero-order valence-electron chi connectivity index (χ0n) is 18.8. The Bertz CT molecular complexity index is 969. The predicted molar refractivity (Wildman–Crippen MR) is 123 cm³/mol. The smallest absolute Gasteiger partial charge is 0.243 e. The van der Waals surface area contributed by atoms with E-state index in [0.29, 0.717) is 35.8 Å². The topological polar surface area (TPSA) is 67.9 Å². The number of carbonyl (C=O) groups is 2. The van der Waals surface area contributed by atoms with Crippen molar-refractivity contribution in [1.82, 2.24) is 10.2 Å². The van der Waals surface area contributed by atoms with Crippen molar-refractivity contribution in [2.24, 2.45) is 5.92 Å². The molecule has 8 heteroatoms. The van der Waals surface area contributed by atoms with Crippen LogP contribution in [0.3, 0.4) is 0 Å². The van der Waals surface area contributed by atoms with E-state index in [4.69, 9.17) is 9.47 Å². The third-order valence-corrected chi connectivity index (χ3v) is 6.67. The van der Waals surface area contributed by atoms with Gasteiger partial charge in [0.05, 0.1) is 14.2 Å². The van der Waals surface area contributed by atoms with E-state index in [1.807, 2.05) is 18.2 Å². The first kappa shape index (κ1) is 23.9. The molecule has 2 aromatic carbocycles. The van der Waals surface area contributed by atoms with Gasteiger partial charge in [-0.15, -0.1) is 11.8 Å². The van der Waals surface area contributed by atoms with Crippen LogP contribution < -0.4 is 14.8 Å². The third kappa shape index (κ3) is 5.35. The first-order chi connectivity index (χ1) is 15.3. The molecule has 6 nitrogen and oxygen atoms in total. The number of rotatable bonds is 8. The number of methoxy groups -OCH3 is 2. The standard InChI is InChI=1S/C24H29FN2O4S/c1-15(2)23(29)27-19(14-32-24(27)17-6-5-7-18(25)13-17)22(28)26-11-10-16-8-9-20(30-3)21(12-16)31-4/h5-9,12-13,15,19,24H,10-11,14H2,1-4H3,(H,26,28). The van der Waals surface area contributed by atoms with E-state index in [9.17, 15) is 14.0 Å². The van der Waals surface area contributed by atoms with Crippen molar-refractivity contribution >= 4 is 23.6 Å². The van der Waals surface area contributed by atoms with Crippen LogP contribution in [0.15, 0.2) is 42.5 Å². The van der Waals surface area contributed by atoms with E-state index in [-0.39, 0.29) is 28.9 Å². The summed E-state index contributed by atoms with van der Waals surface area (Å²) in [5, 5.41) is 2.57. The van der Waals surface area contributed by atoms with Crippen LogP contribution in [-0.2, 0) is 16.0 Å². The maximum absolute atomic E-state index is 13.8. The summed E-state index contributed by atoms with van der Waals surface area (Å²) in [6.07, 6.45) is 0.609. The summed E-state index contributed by atoms with van der Waals surface area (Å²) in [5.41, 5.74) is 1.68. The SMILES string of the molecule is COc1ccc(CCNC(=O)C2CSC(c3cccc(F)c3)N2C(=O)C(C)C)cc1OC. The quantitative estimate of drug-likeness (QED) is 0.649. The van der Waals surface area contributed by atoms with Crippen molar-refractivity contribution in [1.29, 1.82) is 0 Å². The van der Waals surface area contributed by atoms with E-state index >= 15 is 0 Å². The molecule has 2 atom stereocenters. The molecule has 0 spiro atoms. The van der Waals surface area contributed by atoms with Gasteiger partial charge >= 0.3 is 0 Å². The molecule has 3 rings (SSSR count). The van der Waals surface area contributed by atoms with E-state index < -0.39 is 6.04 Å². The Kier molecular flexibility index (Phi) is 8.01. The molecule has 0 aliphatic carbocycles. The summed E-state index contributed by atoms with van der Waals surface area (Å²) in [6.45, 7) is 4.03. The molecule has 1 fully saturated rings. The van der Waals surface area contributed by atoms with Crippen LogP contribution in [0.5, 0.6) is 11.5 Å². The highest BCUT2D eigenvalue weighted by molar-refractivity contribution is 7.99. The van der Waals surface area contributed by atoms with Gasteiger partial charge in [0.15, 0.2) is 11.5 Å². The Morgan fingerprint density at radius 1 is 1.16 bits per heavy atom. The Balaban J connectivity index is 1.69. The zero-order valence-corrected chi connectivity index (χ0v) is 19.6. The fraction of sp³-hybridized carbons (Fsp3) is 0.417. The number of amides is 2. The first-order valence-corrected chi connectivity index (χ1v) is 11.6. The number of carbonyl (C=O) groups excluding carboxylic acids is 2. The molecular formula is C24H29FN2O4S. The Hall–Kier alpha value is -2.74. The van der Waals surface area contributed by atoms with Crippen LogP contribution in [0, 0.1) is 11.7 Å². The molecule has 0 radical (unpaired) electrons. The lowest BCUT2D eigenvalue weighted by Crippen LogP contribution is -2.49. The van der Waals surface area contributed by atoms with Gasteiger partial charge in [0.2, 0.25) is 11.8 Å². The lowest BCUT2D eigenvalue weighted by Gasteiger charge is -2.30. The molecule has 2 aromatic rings. The average Bonchev–Trinajstić information content (AvgIpc) is 3.23. The van der Waals surface area contributed by atoms with Crippen molar-refractivity contribution in [3.8, 4) is 11.5 Å². The predicted octanol–water partition coefficient (Wildman–Crippen LogP) is 3.80. The normalized spacial score (nSPS) is 18.0. The van der Waals surface area contributed by atoms with Crippen LogP contribution in [0.4, 0.5) is 4.39 Å². The highest BCUT2D eigenvalue weighted by atomic mass is 32.2. The second kappa shape index (κ2) is 10.7. The third-order valence-electron chi connectivity index (χ3n) is 5.35. The van der Waals surface area contributed by atoms with E-state index in [1.165, 1.54) is 23.9 Å². The van der Waals surface area contributed by atoms with Gasteiger partial charge in [-0.05, 0) is 41.8 Å². The summed E-state index contributed by atoms with van der Waals surface area (Å²) < 4.78 is 24.4. The molecule has 0 bridgehead atoms. The van der Waals surface area contributed by atoms with Crippen molar-refractivity contribution in [3.05, 3.63) is 59.4 Å². The second-order valence-electron chi connectivity index (χ2n) is 7.89. The molecule has 2 unspecified atom stereocenters. The summed E-state index contributed by atoms with van der Waals surface area (Å²) in [7, 11) is 3.16. The maximum Gasteiger partial charge on any atom is 0.243 e. The molecule has 2 amide bonds. The number of hydrogen-bond acceptors (Lipinski definition) is 5. The summed E-state index contributed by atoms with van der Waals surface area (Å²) in [4.78, 5) is 27.6. The molecule has 1 aliphatic rings. The number of nitrogens with one attached hydrogen (secondary N) is 1. The number of hydrogen-bond donors (Lipinski definition) is 1. The summed E-state index contributed by atoms with van der Waals surface area (Å²) in [5.74, 6) is 0.788. The van der Waals surface area contributed by atoms with Crippen molar-refractivity contribution in [2.45, 2.75) is 31.7 Å². The molecule has 172 valence electrons. The molecule has 1 saturated heterocycles. The number of ether oxygens (including phenoxy) is 2. The highest BCUT2D eigenvalue weighted by Crippen LogP contribution is 2.42. The number of thioether (sulfide) groups is 1. The number of nitrogens with zero attached hydrogens (tertiary/aromatic N) is 1. The Labute approximate surface area is 192 Å². The molecule has 1 aliphatic heterocycles. The van der Waals surface area contributed by atoms with E-state index in [2.05, 4.69) is 5.32 Å². The van der Waals surface area contributed by atoms with Gasteiger partial charge in [-0.2, -0.15) is 0 Å². The minimum absolute atomic E-state index is 0.121. The van der Waals surface area contributed by atoms with Crippen LogP contribution in [0.25, 0.3) is 0 Å². The van der Waals surface area contributed by atoms with E-state index in [1.54, 1.807) is 45.1 Å². The Morgan fingerprint density at radius 3 is 2.56 bits per heavy atom. The highest BCUT2D eigenvalue weighted by Gasteiger charge is 2.42. The van der Waals surface area contributed by atoms with Crippen LogP contribution >= 0.6 is 11.8 Å². The fourth-order valence-corrected chi connectivity index (χ4v) is 5.10. The Morgan fingerprint density at radius 2 is 1.91 bits per heavy atom. The number of benzene rings is 2.